The van der Waals surface area contributed by atoms with Crippen molar-refractivity contribution in [1.29, 1.82) is 0 Å². The number of hydrogen-bond acceptors (Lipinski definition) is 3. The zero-order chi connectivity index (χ0) is 13.0. The van der Waals surface area contributed by atoms with E-state index < -0.39 is 15.6 Å². The molecule has 6 heteroatoms. The second-order valence-electron chi connectivity index (χ2n) is 3.53. The fourth-order valence-corrected chi connectivity index (χ4v) is 3.88. The third-order valence-corrected chi connectivity index (χ3v) is 5.38. The van der Waals surface area contributed by atoms with Crippen LogP contribution in [0.2, 0.25) is 0 Å². The Labute approximate surface area is 106 Å². The van der Waals surface area contributed by atoms with E-state index in [0.29, 0.717) is 5.30 Å². The Hall–Kier alpha value is -1.31. The molecule has 0 aromatic heterocycles. The summed E-state index contributed by atoms with van der Waals surface area (Å²) in [7, 11) is -6.40. The lowest BCUT2D eigenvalue weighted by Gasteiger charge is -2.03. The van der Waals surface area contributed by atoms with Crippen LogP contribution in [0.1, 0.15) is 0 Å². The van der Waals surface area contributed by atoms with Crippen molar-refractivity contribution in [2.45, 2.75) is 0 Å². The zero-order valence-electron chi connectivity index (χ0n) is 9.34. The standard InChI is InChI=1S/C12H10O4P2/c13-17(11-7-3-1-4-8-11)16-18(14,15)12-9-5-2-6-10-12/h1-10H/p+1. The van der Waals surface area contributed by atoms with Gasteiger partial charge in [0.05, 0.1) is 5.30 Å². The lowest BCUT2D eigenvalue weighted by Crippen LogP contribution is -2.05. The molecule has 0 aliphatic rings. The molecule has 1 N–H and O–H groups in total. The summed E-state index contributed by atoms with van der Waals surface area (Å²) in [6, 6.07) is 16.2. The number of rotatable bonds is 4. The van der Waals surface area contributed by atoms with Gasteiger partial charge in [-0.25, -0.2) is 0 Å². The molecule has 2 unspecified atom stereocenters. The first-order valence-electron chi connectivity index (χ1n) is 5.20. The minimum Gasteiger partial charge on any atom is -0.318 e. The van der Waals surface area contributed by atoms with Crippen LogP contribution >= 0.6 is 15.6 Å². The van der Waals surface area contributed by atoms with E-state index in [1.54, 1.807) is 48.5 Å². The van der Waals surface area contributed by atoms with E-state index in [1.807, 2.05) is 0 Å². The predicted octanol–water partition coefficient (Wildman–Crippen LogP) is 2.58. The Bertz CT molecular complexity index is 584. The van der Waals surface area contributed by atoms with Gasteiger partial charge in [-0.3, -0.25) is 4.57 Å². The second kappa shape index (κ2) is 5.55. The third-order valence-electron chi connectivity index (χ3n) is 2.23. The molecule has 0 aliphatic heterocycles. The summed E-state index contributed by atoms with van der Waals surface area (Å²) < 4.78 is 28.6. The van der Waals surface area contributed by atoms with E-state index in [2.05, 4.69) is 0 Å². The minimum absolute atomic E-state index is 0.129. The van der Waals surface area contributed by atoms with Gasteiger partial charge < -0.3 is 4.89 Å². The van der Waals surface area contributed by atoms with Gasteiger partial charge in [0.15, 0.2) is 0 Å². The smallest absolute Gasteiger partial charge is 0.318 e. The summed E-state index contributed by atoms with van der Waals surface area (Å²) in [5.41, 5.74) is 0. The fourth-order valence-electron chi connectivity index (χ4n) is 1.36. The van der Waals surface area contributed by atoms with E-state index in [0.717, 1.165) is 0 Å². The zero-order valence-corrected chi connectivity index (χ0v) is 11.1. The summed E-state index contributed by atoms with van der Waals surface area (Å²) in [5, 5.41) is 0.516. The molecule has 4 nitrogen and oxygen atoms in total. The molecular weight excluding hydrogens is 270 g/mol. The van der Waals surface area contributed by atoms with E-state index in [1.165, 1.54) is 12.1 Å². The summed E-state index contributed by atoms with van der Waals surface area (Å²) in [6.07, 6.45) is 0. The third kappa shape index (κ3) is 3.12. The molecule has 0 saturated carbocycles. The molecule has 0 amide bonds. The van der Waals surface area contributed by atoms with Gasteiger partial charge in [-0.05, 0) is 33.1 Å². The van der Waals surface area contributed by atoms with Crippen LogP contribution in [0.25, 0.3) is 0 Å². The largest absolute Gasteiger partial charge is 0.557 e. The highest BCUT2D eigenvalue weighted by Gasteiger charge is 2.36. The van der Waals surface area contributed by atoms with Gasteiger partial charge in [0, 0.05) is 0 Å². The summed E-state index contributed by atoms with van der Waals surface area (Å²) in [5.74, 6) is 0. The Morgan fingerprint density at radius 3 is 2.00 bits per heavy atom. The molecule has 0 radical (unpaired) electrons. The maximum Gasteiger partial charge on any atom is 0.557 e. The molecular formula is C12H11O4P2+. The average Bonchev–Trinajstić information content (AvgIpc) is 2.40. The lowest BCUT2D eigenvalue weighted by molar-refractivity contribution is 0.399. The molecule has 0 saturated heterocycles. The van der Waals surface area contributed by atoms with Crippen LogP contribution in [-0.4, -0.2) is 4.89 Å². The van der Waals surface area contributed by atoms with Crippen LogP contribution in [0.3, 0.4) is 0 Å². The molecule has 2 aromatic carbocycles. The van der Waals surface area contributed by atoms with E-state index in [4.69, 9.17) is 4.31 Å². The van der Waals surface area contributed by atoms with Gasteiger partial charge >= 0.3 is 15.6 Å². The van der Waals surface area contributed by atoms with E-state index in [9.17, 15) is 14.0 Å². The van der Waals surface area contributed by atoms with E-state index >= 15 is 0 Å². The molecule has 92 valence electrons. The van der Waals surface area contributed by atoms with Crippen LogP contribution in [-0.2, 0) is 13.4 Å². The Balaban J connectivity index is 2.19. The van der Waals surface area contributed by atoms with Crippen molar-refractivity contribution in [1.82, 2.24) is 0 Å². The molecule has 18 heavy (non-hydrogen) atoms. The van der Waals surface area contributed by atoms with Crippen LogP contribution in [0, 0.1) is 0 Å². The van der Waals surface area contributed by atoms with Crippen molar-refractivity contribution in [3.63, 3.8) is 0 Å². The quantitative estimate of drug-likeness (QED) is 0.875. The van der Waals surface area contributed by atoms with Crippen molar-refractivity contribution in [3.8, 4) is 0 Å². The highest BCUT2D eigenvalue weighted by Crippen LogP contribution is 2.49. The first kappa shape index (κ1) is 13.1. The number of benzene rings is 2. The first-order chi connectivity index (χ1) is 8.59. The molecule has 2 aromatic rings. The molecule has 0 bridgehead atoms. The van der Waals surface area contributed by atoms with Gasteiger partial charge in [-0.2, -0.15) is 0 Å². The summed E-state index contributed by atoms with van der Waals surface area (Å²) in [6.45, 7) is 0. The van der Waals surface area contributed by atoms with Gasteiger partial charge in [0.1, 0.15) is 0 Å². The monoisotopic (exact) mass is 281 g/mol. The molecule has 0 fully saturated rings. The molecule has 0 spiro atoms. The first-order valence-corrected chi connectivity index (χ1v) is 7.95. The Morgan fingerprint density at radius 2 is 1.44 bits per heavy atom. The van der Waals surface area contributed by atoms with Gasteiger partial charge in [0.2, 0.25) is 5.30 Å². The SMILES string of the molecule is O=[P+](OP(=O)(O)c1ccccc1)c1ccccc1. The summed E-state index contributed by atoms with van der Waals surface area (Å²) >= 11 is 0. The predicted molar refractivity (Wildman–Crippen MR) is 70.7 cm³/mol. The van der Waals surface area contributed by atoms with Crippen molar-refractivity contribution in [3.05, 3.63) is 60.7 Å². The van der Waals surface area contributed by atoms with Crippen molar-refractivity contribution >= 4 is 26.2 Å². The van der Waals surface area contributed by atoms with Crippen molar-refractivity contribution < 1.29 is 18.3 Å². The van der Waals surface area contributed by atoms with Crippen LogP contribution in [0.4, 0.5) is 0 Å². The minimum atomic E-state index is -4.05. The van der Waals surface area contributed by atoms with Gasteiger partial charge in [-0.15, -0.1) is 0 Å². The highest BCUT2D eigenvalue weighted by atomic mass is 31.2. The molecule has 0 aliphatic carbocycles. The fraction of sp³-hybridized carbons (Fsp3) is 0. The van der Waals surface area contributed by atoms with Crippen LogP contribution in [0.5, 0.6) is 0 Å². The number of hydrogen-bond donors (Lipinski definition) is 1. The van der Waals surface area contributed by atoms with Crippen molar-refractivity contribution in [2.75, 3.05) is 0 Å². The Kier molecular flexibility index (Phi) is 4.05. The molecule has 2 atom stereocenters. The van der Waals surface area contributed by atoms with Crippen LogP contribution < -0.4 is 10.6 Å². The summed E-state index contributed by atoms with van der Waals surface area (Å²) in [4.78, 5) is 9.77. The molecule has 0 heterocycles. The van der Waals surface area contributed by atoms with Gasteiger partial charge in [-0.1, -0.05) is 36.4 Å². The maximum absolute atomic E-state index is 11.9. The second-order valence-corrected chi connectivity index (χ2v) is 6.77. The Morgan fingerprint density at radius 1 is 0.944 bits per heavy atom. The van der Waals surface area contributed by atoms with E-state index in [-0.39, 0.29) is 5.30 Å². The lowest BCUT2D eigenvalue weighted by atomic mass is 10.4. The van der Waals surface area contributed by atoms with Gasteiger partial charge in [0.25, 0.3) is 0 Å². The topological polar surface area (TPSA) is 63.6 Å². The average molecular weight is 281 g/mol. The maximum atomic E-state index is 11.9. The normalized spacial score (nSPS) is 14.8. The van der Waals surface area contributed by atoms with Crippen molar-refractivity contribution in [2.24, 2.45) is 0 Å². The highest BCUT2D eigenvalue weighted by molar-refractivity contribution is 7.69. The molecule has 2 rings (SSSR count). The van der Waals surface area contributed by atoms with Crippen LogP contribution in [0.15, 0.2) is 60.7 Å².